The van der Waals surface area contributed by atoms with Crippen molar-refractivity contribution >= 4 is 33.0 Å². The van der Waals surface area contributed by atoms with Crippen molar-refractivity contribution in [1.82, 2.24) is 0 Å². The summed E-state index contributed by atoms with van der Waals surface area (Å²) in [6, 6.07) is 4.04. The molecule has 0 aliphatic carbocycles. The Morgan fingerprint density at radius 2 is 1.86 bits per heavy atom. The average molecular weight is 333 g/mol. The Morgan fingerprint density at radius 3 is 2.33 bits per heavy atom. The second kappa shape index (κ2) is 5.41. The van der Waals surface area contributed by atoms with Crippen molar-refractivity contribution < 1.29 is 27.1 Å². The summed E-state index contributed by atoms with van der Waals surface area (Å²) in [5, 5.41) is 8.90. The van der Waals surface area contributed by atoms with Crippen LogP contribution in [0.15, 0.2) is 28.5 Å². The molecule has 0 aliphatic heterocycles. The quantitative estimate of drug-likeness (QED) is 0.901. The minimum Gasteiger partial charge on any atom is -0.477 e. The number of carboxylic acid groups (broad SMARTS) is 1. The molecule has 1 aromatic heterocycles. The van der Waals surface area contributed by atoms with Crippen LogP contribution >= 0.6 is 11.3 Å². The lowest BCUT2D eigenvalue weighted by Gasteiger charge is -2.07. The predicted molar refractivity (Wildman–Crippen MR) is 73.2 cm³/mol. The second-order valence-corrected chi connectivity index (χ2v) is 7.05. The lowest BCUT2D eigenvalue weighted by molar-refractivity contribution is 0.0701. The van der Waals surface area contributed by atoms with E-state index in [1.165, 1.54) is 6.92 Å². The van der Waals surface area contributed by atoms with Gasteiger partial charge >= 0.3 is 5.97 Å². The van der Waals surface area contributed by atoms with Crippen molar-refractivity contribution in [2.45, 2.75) is 11.1 Å². The number of aromatic carboxylic acids is 1. The van der Waals surface area contributed by atoms with Gasteiger partial charge in [-0.05, 0) is 30.7 Å². The third-order valence-electron chi connectivity index (χ3n) is 2.55. The van der Waals surface area contributed by atoms with E-state index in [1.807, 2.05) is 0 Å². The SMILES string of the molecule is Cc1cc(S(=O)(=O)Nc2c(F)cccc2F)sc1C(=O)O. The van der Waals surface area contributed by atoms with E-state index in [9.17, 15) is 22.0 Å². The third-order valence-corrected chi connectivity index (χ3v) is 5.60. The largest absolute Gasteiger partial charge is 0.477 e. The van der Waals surface area contributed by atoms with Crippen LogP contribution in [0.3, 0.4) is 0 Å². The first-order chi connectivity index (χ1) is 9.72. The van der Waals surface area contributed by atoms with Gasteiger partial charge in [-0.25, -0.2) is 22.0 Å². The molecule has 0 aliphatic rings. The Labute approximate surface area is 122 Å². The molecule has 1 heterocycles. The van der Waals surface area contributed by atoms with Crippen molar-refractivity contribution in [2.24, 2.45) is 0 Å². The second-order valence-electron chi connectivity index (χ2n) is 4.08. The molecule has 2 rings (SSSR count). The smallest absolute Gasteiger partial charge is 0.346 e. The maximum atomic E-state index is 13.5. The summed E-state index contributed by atoms with van der Waals surface area (Å²) in [6.45, 7) is 1.43. The summed E-state index contributed by atoms with van der Waals surface area (Å²) in [6.07, 6.45) is 0. The first kappa shape index (κ1) is 15.4. The number of carboxylic acids is 1. The molecule has 0 radical (unpaired) electrons. The van der Waals surface area contributed by atoms with Gasteiger partial charge in [0.25, 0.3) is 10.0 Å². The van der Waals surface area contributed by atoms with Crippen molar-refractivity contribution in [3.63, 3.8) is 0 Å². The van der Waals surface area contributed by atoms with Crippen molar-refractivity contribution in [3.05, 3.63) is 46.3 Å². The van der Waals surface area contributed by atoms with E-state index >= 15 is 0 Å². The van der Waals surface area contributed by atoms with Gasteiger partial charge in [0.2, 0.25) is 0 Å². The molecule has 5 nitrogen and oxygen atoms in total. The van der Waals surface area contributed by atoms with Gasteiger partial charge < -0.3 is 5.11 Å². The first-order valence-electron chi connectivity index (χ1n) is 5.53. The van der Waals surface area contributed by atoms with E-state index in [0.29, 0.717) is 11.3 Å². The van der Waals surface area contributed by atoms with E-state index in [-0.39, 0.29) is 14.6 Å². The normalized spacial score (nSPS) is 11.4. The van der Waals surface area contributed by atoms with Crippen LogP contribution in [0, 0.1) is 18.6 Å². The summed E-state index contributed by atoms with van der Waals surface area (Å²) >= 11 is 0.511. The number of thiophene rings is 1. The lowest BCUT2D eigenvalue weighted by Crippen LogP contribution is -2.14. The fourth-order valence-corrected chi connectivity index (χ4v) is 4.03. The summed E-state index contributed by atoms with van der Waals surface area (Å²) < 4.78 is 52.5. The van der Waals surface area contributed by atoms with Crippen LogP contribution < -0.4 is 4.72 Å². The predicted octanol–water partition coefficient (Wildman–Crippen LogP) is 2.83. The molecule has 0 saturated carbocycles. The van der Waals surface area contributed by atoms with Gasteiger partial charge in [-0.3, -0.25) is 4.72 Å². The number of anilines is 1. The highest BCUT2D eigenvalue weighted by Gasteiger charge is 2.24. The zero-order chi connectivity index (χ0) is 15.8. The van der Waals surface area contributed by atoms with E-state index in [0.717, 1.165) is 24.3 Å². The van der Waals surface area contributed by atoms with Crippen molar-refractivity contribution in [3.8, 4) is 0 Å². The molecule has 0 saturated heterocycles. The van der Waals surface area contributed by atoms with Crippen LogP contribution in [0.5, 0.6) is 0 Å². The Hall–Kier alpha value is -2.00. The Bertz CT molecular complexity index is 794. The minimum absolute atomic E-state index is 0.149. The molecule has 0 amide bonds. The summed E-state index contributed by atoms with van der Waals surface area (Å²) in [7, 11) is -4.27. The van der Waals surface area contributed by atoms with Gasteiger partial charge in [-0.1, -0.05) is 6.07 Å². The van der Waals surface area contributed by atoms with E-state index in [4.69, 9.17) is 5.11 Å². The maximum Gasteiger partial charge on any atom is 0.346 e. The number of nitrogens with one attached hydrogen (secondary N) is 1. The molecule has 0 unspecified atom stereocenters. The van der Waals surface area contributed by atoms with Gasteiger partial charge in [0.1, 0.15) is 26.4 Å². The summed E-state index contributed by atoms with van der Waals surface area (Å²) in [5.74, 6) is -3.40. The van der Waals surface area contributed by atoms with Gasteiger partial charge in [0.05, 0.1) is 0 Å². The zero-order valence-electron chi connectivity index (χ0n) is 10.6. The molecular formula is C12H9F2NO4S2. The first-order valence-corrected chi connectivity index (χ1v) is 7.83. The van der Waals surface area contributed by atoms with Gasteiger partial charge in [-0.15, -0.1) is 11.3 Å². The highest BCUT2D eigenvalue weighted by Crippen LogP contribution is 2.29. The number of benzene rings is 1. The number of hydrogen-bond acceptors (Lipinski definition) is 4. The minimum atomic E-state index is -4.27. The monoisotopic (exact) mass is 333 g/mol. The van der Waals surface area contributed by atoms with Gasteiger partial charge in [0, 0.05) is 0 Å². The molecule has 0 spiro atoms. The van der Waals surface area contributed by atoms with Gasteiger partial charge in [-0.2, -0.15) is 0 Å². The number of para-hydroxylation sites is 1. The van der Waals surface area contributed by atoms with Crippen LogP contribution in [0.25, 0.3) is 0 Å². The standard InChI is InChI=1S/C12H9F2NO4S2/c1-6-5-9(20-11(6)12(16)17)21(18,19)15-10-7(13)3-2-4-8(10)14/h2-5,15H,1H3,(H,16,17). The van der Waals surface area contributed by atoms with E-state index in [2.05, 4.69) is 0 Å². The summed E-state index contributed by atoms with van der Waals surface area (Å²) in [4.78, 5) is 10.8. The molecule has 2 aromatic rings. The van der Waals surface area contributed by atoms with Gasteiger partial charge in [0.15, 0.2) is 0 Å². The summed E-state index contributed by atoms with van der Waals surface area (Å²) in [5.41, 5.74) is -0.553. The number of aryl methyl sites for hydroxylation is 1. The lowest BCUT2D eigenvalue weighted by atomic mass is 10.3. The fraction of sp³-hybridized carbons (Fsp3) is 0.0833. The number of carbonyl (C=O) groups is 1. The maximum absolute atomic E-state index is 13.5. The number of sulfonamides is 1. The molecule has 0 atom stereocenters. The molecule has 2 N–H and O–H groups in total. The Kier molecular flexibility index (Phi) is 3.97. The Balaban J connectivity index is 2.44. The average Bonchev–Trinajstić information content (AvgIpc) is 2.77. The van der Waals surface area contributed by atoms with Crippen LogP contribution in [0.2, 0.25) is 0 Å². The van der Waals surface area contributed by atoms with Crippen LogP contribution in [-0.4, -0.2) is 19.5 Å². The van der Waals surface area contributed by atoms with Crippen molar-refractivity contribution in [1.29, 1.82) is 0 Å². The topological polar surface area (TPSA) is 83.5 Å². The molecule has 9 heteroatoms. The molecule has 112 valence electrons. The van der Waals surface area contributed by atoms with Crippen molar-refractivity contribution in [2.75, 3.05) is 4.72 Å². The highest BCUT2D eigenvalue weighted by molar-refractivity contribution is 7.94. The van der Waals surface area contributed by atoms with Crippen LogP contribution in [0.1, 0.15) is 15.2 Å². The molecule has 0 bridgehead atoms. The number of halogens is 2. The Morgan fingerprint density at radius 1 is 1.29 bits per heavy atom. The highest BCUT2D eigenvalue weighted by atomic mass is 32.2. The number of hydrogen-bond donors (Lipinski definition) is 2. The van der Waals surface area contributed by atoms with Crippen LogP contribution in [0.4, 0.5) is 14.5 Å². The molecule has 0 fully saturated rings. The van der Waals surface area contributed by atoms with Crippen LogP contribution in [-0.2, 0) is 10.0 Å². The molecular weight excluding hydrogens is 324 g/mol. The molecule has 1 aromatic carbocycles. The van der Waals surface area contributed by atoms with E-state index < -0.39 is 33.3 Å². The third kappa shape index (κ3) is 3.03. The fourth-order valence-electron chi connectivity index (χ4n) is 1.58. The van der Waals surface area contributed by atoms with E-state index in [1.54, 1.807) is 4.72 Å². The zero-order valence-corrected chi connectivity index (χ0v) is 12.2. The molecule has 21 heavy (non-hydrogen) atoms. The number of rotatable bonds is 4.